The fourth-order valence-electron chi connectivity index (χ4n) is 1.62. The maximum atomic E-state index is 13.0. The molecule has 1 amide bonds. The molecule has 0 radical (unpaired) electrons. The number of nitrogens with one attached hydrogen (secondary N) is 1. The Balaban J connectivity index is 2.74. The van der Waals surface area contributed by atoms with Crippen LogP contribution in [0.3, 0.4) is 0 Å². The maximum Gasteiger partial charge on any atom is 0.326 e. The molecule has 0 aliphatic heterocycles. The minimum atomic E-state index is -1.09. The van der Waals surface area contributed by atoms with Gasteiger partial charge in [0, 0.05) is 6.08 Å². The Hall–Kier alpha value is -2.17. The van der Waals surface area contributed by atoms with E-state index in [0.717, 1.165) is 0 Å². The SMILES string of the molecule is CC(C)(C)[C@H](NC(=O)/C=C/c1cccc(F)c1)C(=O)O. The molecule has 0 saturated heterocycles. The molecule has 4 nitrogen and oxygen atoms in total. The van der Waals surface area contributed by atoms with Crippen molar-refractivity contribution in [1.82, 2.24) is 5.32 Å². The lowest BCUT2D eigenvalue weighted by Crippen LogP contribution is -2.48. The number of carboxylic acids is 1. The molecule has 0 fully saturated rings. The van der Waals surface area contributed by atoms with Crippen LogP contribution < -0.4 is 5.32 Å². The predicted octanol–water partition coefficient (Wildman–Crippen LogP) is 2.45. The molecule has 0 aliphatic rings. The molecule has 1 aromatic carbocycles. The highest BCUT2D eigenvalue weighted by Crippen LogP contribution is 2.19. The molecule has 2 N–H and O–H groups in total. The summed E-state index contributed by atoms with van der Waals surface area (Å²) in [6.45, 7) is 5.17. The van der Waals surface area contributed by atoms with E-state index < -0.39 is 29.2 Å². The van der Waals surface area contributed by atoms with Crippen LogP contribution in [-0.4, -0.2) is 23.0 Å². The zero-order chi connectivity index (χ0) is 15.3. The minimum Gasteiger partial charge on any atom is -0.480 e. The third-order valence-corrected chi connectivity index (χ3v) is 2.68. The van der Waals surface area contributed by atoms with Gasteiger partial charge in [-0.25, -0.2) is 9.18 Å². The van der Waals surface area contributed by atoms with E-state index in [1.807, 2.05) is 0 Å². The third-order valence-electron chi connectivity index (χ3n) is 2.68. The van der Waals surface area contributed by atoms with Gasteiger partial charge in [0.2, 0.25) is 5.91 Å². The van der Waals surface area contributed by atoms with Gasteiger partial charge in [-0.3, -0.25) is 4.79 Å². The van der Waals surface area contributed by atoms with Gasteiger partial charge in [-0.15, -0.1) is 0 Å². The topological polar surface area (TPSA) is 66.4 Å². The molecule has 0 heterocycles. The predicted molar refractivity (Wildman–Crippen MR) is 74.5 cm³/mol. The zero-order valence-electron chi connectivity index (χ0n) is 11.7. The smallest absolute Gasteiger partial charge is 0.326 e. The van der Waals surface area contributed by atoms with Crippen molar-refractivity contribution in [2.45, 2.75) is 26.8 Å². The van der Waals surface area contributed by atoms with Crippen LogP contribution >= 0.6 is 0 Å². The lowest BCUT2D eigenvalue weighted by Gasteiger charge is -2.27. The van der Waals surface area contributed by atoms with Crippen LogP contribution in [0.25, 0.3) is 6.08 Å². The van der Waals surface area contributed by atoms with E-state index in [9.17, 15) is 14.0 Å². The number of aliphatic carboxylic acids is 1. The fourth-order valence-corrected chi connectivity index (χ4v) is 1.62. The Morgan fingerprint density at radius 1 is 1.35 bits per heavy atom. The van der Waals surface area contributed by atoms with Gasteiger partial charge in [0.15, 0.2) is 0 Å². The van der Waals surface area contributed by atoms with Crippen LogP contribution in [0.1, 0.15) is 26.3 Å². The summed E-state index contributed by atoms with van der Waals surface area (Å²) in [4.78, 5) is 22.8. The molecule has 0 bridgehead atoms. The van der Waals surface area contributed by atoms with E-state index in [4.69, 9.17) is 5.11 Å². The highest BCUT2D eigenvalue weighted by Gasteiger charge is 2.31. The van der Waals surface area contributed by atoms with Gasteiger partial charge < -0.3 is 10.4 Å². The molecular formula is C15H18FNO3. The number of halogens is 1. The molecule has 5 heteroatoms. The number of carbonyl (C=O) groups excluding carboxylic acids is 1. The zero-order valence-corrected chi connectivity index (χ0v) is 11.7. The van der Waals surface area contributed by atoms with Gasteiger partial charge in [-0.05, 0) is 29.2 Å². The molecule has 1 rings (SSSR count). The first-order chi connectivity index (χ1) is 9.20. The summed E-state index contributed by atoms with van der Waals surface area (Å²) in [5, 5.41) is 11.5. The second-order valence-corrected chi connectivity index (χ2v) is 5.53. The molecule has 20 heavy (non-hydrogen) atoms. The Kier molecular flexibility index (Phi) is 5.02. The molecule has 0 aromatic heterocycles. The van der Waals surface area contributed by atoms with Crippen LogP contribution in [0.4, 0.5) is 4.39 Å². The lowest BCUT2D eigenvalue weighted by molar-refractivity contribution is -0.144. The first-order valence-electron chi connectivity index (χ1n) is 6.17. The van der Waals surface area contributed by atoms with Crippen LogP contribution in [0.2, 0.25) is 0 Å². The van der Waals surface area contributed by atoms with Gasteiger partial charge in [0.05, 0.1) is 0 Å². The Bertz CT molecular complexity index is 532. The quantitative estimate of drug-likeness (QED) is 0.832. The van der Waals surface area contributed by atoms with Gasteiger partial charge in [-0.2, -0.15) is 0 Å². The van der Waals surface area contributed by atoms with E-state index in [2.05, 4.69) is 5.32 Å². The minimum absolute atomic E-state index is 0.398. The molecule has 1 atom stereocenters. The summed E-state index contributed by atoms with van der Waals surface area (Å²) >= 11 is 0. The number of benzene rings is 1. The molecule has 0 aliphatic carbocycles. The van der Waals surface area contributed by atoms with Gasteiger partial charge in [0.25, 0.3) is 0 Å². The van der Waals surface area contributed by atoms with E-state index in [1.54, 1.807) is 26.8 Å². The maximum absolute atomic E-state index is 13.0. The normalized spacial score (nSPS) is 13.2. The molecule has 0 spiro atoms. The van der Waals surface area contributed by atoms with Crippen molar-refractivity contribution in [2.75, 3.05) is 0 Å². The van der Waals surface area contributed by atoms with Crippen molar-refractivity contribution < 1.29 is 19.1 Å². The molecular weight excluding hydrogens is 261 g/mol. The van der Waals surface area contributed by atoms with Gasteiger partial charge in [-0.1, -0.05) is 32.9 Å². The number of hydrogen-bond acceptors (Lipinski definition) is 2. The van der Waals surface area contributed by atoms with Crippen LogP contribution in [0.5, 0.6) is 0 Å². The highest BCUT2D eigenvalue weighted by atomic mass is 19.1. The Morgan fingerprint density at radius 2 is 2.00 bits per heavy atom. The summed E-state index contributed by atoms with van der Waals surface area (Å²) in [5.74, 6) is -2.02. The average molecular weight is 279 g/mol. The van der Waals surface area contributed by atoms with Crippen LogP contribution in [0.15, 0.2) is 30.3 Å². The van der Waals surface area contributed by atoms with Crippen molar-refractivity contribution in [1.29, 1.82) is 0 Å². The summed E-state index contributed by atoms with van der Waals surface area (Å²) in [6.07, 6.45) is 2.62. The summed E-state index contributed by atoms with van der Waals surface area (Å²) < 4.78 is 13.0. The highest BCUT2D eigenvalue weighted by molar-refractivity contribution is 5.94. The standard InChI is InChI=1S/C15H18FNO3/c1-15(2,3)13(14(19)20)17-12(18)8-7-10-5-4-6-11(16)9-10/h4-9,13H,1-3H3,(H,17,18)(H,19,20)/b8-7+/t13-/m1/s1. The number of rotatable bonds is 4. The van der Waals surface area contributed by atoms with Crippen molar-refractivity contribution in [3.05, 3.63) is 41.7 Å². The fraction of sp³-hybridized carbons (Fsp3) is 0.333. The second kappa shape index (κ2) is 6.32. The van der Waals surface area contributed by atoms with Crippen molar-refractivity contribution in [3.63, 3.8) is 0 Å². The average Bonchev–Trinajstić information content (AvgIpc) is 2.31. The first-order valence-corrected chi connectivity index (χ1v) is 6.17. The Labute approximate surface area is 117 Å². The van der Waals surface area contributed by atoms with E-state index in [1.165, 1.54) is 30.4 Å². The number of amides is 1. The number of carbonyl (C=O) groups is 2. The van der Waals surface area contributed by atoms with Crippen molar-refractivity contribution in [2.24, 2.45) is 5.41 Å². The first kappa shape index (κ1) is 15.9. The molecule has 0 saturated carbocycles. The number of carboxylic acid groups (broad SMARTS) is 1. The monoisotopic (exact) mass is 279 g/mol. The molecule has 0 unspecified atom stereocenters. The molecule has 108 valence electrons. The van der Waals surface area contributed by atoms with E-state index in [-0.39, 0.29) is 0 Å². The van der Waals surface area contributed by atoms with Crippen molar-refractivity contribution in [3.8, 4) is 0 Å². The van der Waals surface area contributed by atoms with E-state index >= 15 is 0 Å². The Morgan fingerprint density at radius 3 is 2.50 bits per heavy atom. The largest absolute Gasteiger partial charge is 0.480 e. The molecule has 1 aromatic rings. The van der Waals surface area contributed by atoms with E-state index in [0.29, 0.717) is 5.56 Å². The van der Waals surface area contributed by atoms with Crippen LogP contribution in [-0.2, 0) is 9.59 Å². The second-order valence-electron chi connectivity index (χ2n) is 5.53. The summed E-state index contributed by atoms with van der Waals surface area (Å²) in [6, 6.07) is 4.76. The van der Waals surface area contributed by atoms with Crippen molar-refractivity contribution >= 4 is 18.0 Å². The number of hydrogen-bond donors (Lipinski definition) is 2. The lowest BCUT2D eigenvalue weighted by atomic mass is 9.87. The van der Waals surface area contributed by atoms with Crippen LogP contribution in [0, 0.1) is 11.2 Å². The summed E-state index contributed by atoms with van der Waals surface area (Å²) in [5.41, 5.74) is -0.0726. The third kappa shape index (κ3) is 4.84. The summed E-state index contributed by atoms with van der Waals surface area (Å²) in [7, 11) is 0. The van der Waals surface area contributed by atoms with Gasteiger partial charge in [0.1, 0.15) is 11.9 Å². The van der Waals surface area contributed by atoms with Gasteiger partial charge >= 0.3 is 5.97 Å².